The van der Waals surface area contributed by atoms with Gasteiger partial charge in [0, 0.05) is 26.2 Å². The van der Waals surface area contributed by atoms with Crippen LogP contribution in [0.3, 0.4) is 0 Å². The van der Waals surface area contributed by atoms with E-state index in [2.05, 4.69) is 10.6 Å². The Morgan fingerprint density at radius 1 is 1.67 bits per heavy atom. The van der Waals surface area contributed by atoms with Crippen molar-refractivity contribution in [3.63, 3.8) is 0 Å². The van der Waals surface area contributed by atoms with Gasteiger partial charge in [-0.25, -0.2) is 4.79 Å². The average Bonchev–Trinajstić information content (AvgIpc) is 2.60. The molecule has 0 atom stereocenters. The lowest BCUT2D eigenvalue weighted by molar-refractivity contribution is -0.141. The highest BCUT2D eigenvalue weighted by Crippen LogP contribution is 1.94. The van der Waals surface area contributed by atoms with Crippen molar-refractivity contribution in [1.82, 2.24) is 15.5 Å². The monoisotopic (exact) mass is 215 g/mol. The molecule has 15 heavy (non-hydrogen) atoms. The second kappa shape index (κ2) is 6.23. The Balaban J connectivity index is 2.01. The topological polar surface area (TPSA) is 70.7 Å². The zero-order valence-corrected chi connectivity index (χ0v) is 8.91. The Kier molecular flexibility index (Phi) is 4.89. The van der Waals surface area contributed by atoms with Crippen LogP contribution in [0.1, 0.15) is 6.92 Å². The summed E-state index contributed by atoms with van der Waals surface area (Å²) in [6.45, 7) is 5.03. The van der Waals surface area contributed by atoms with Crippen LogP contribution in [-0.4, -0.2) is 56.2 Å². The standard InChI is InChI=1S/C9H17N3O3/c1-2-15-8(13)7-10-3-5-12-6-4-11-9(12)14/h10H,2-7H2,1H3,(H,11,14). The van der Waals surface area contributed by atoms with Gasteiger partial charge in [0.25, 0.3) is 0 Å². The summed E-state index contributed by atoms with van der Waals surface area (Å²) >= 11 is 0. The molecule has 0 aliphatic carbocycles. The van der Waals surface area contributed by atoms with Crippen molar-refractivity contribution < 1.29 is 14.3 Å². The number of hydrogen-bond donors (Lipinski definition) is 2. The molecule has 0 bridgehead atoms. The van der Waals surface area contributed by atoms with Crippen molar-refractivity contribution in [2.45, 2.75) is 6.92 Å². The summed E-state index contributed by atoms with van der Waals surface area (Å²) in [5.41, 5.74) is 0. The number of carbonyl (C=O) groups excluding carboxylic acids is 2. The number of carbonyl (C=O) groups is 2. The number of esters is 1. The molecule has 0 unspecified atom stereocenters. The van der Waals surface area contributed by atoms with Gasteiger partial charge in [-0.3, -0.25) is 4.79 Å². The van der Waals surface area contributed by atoms with Gasteiger partial charge < -0.3 is 20.3 Å². The predicted octanol–water partition coefficient (Wildman–Crippen LogP) is -0.836. The number of nitrogens with zero attached hydrogens (tertiary/aromatic N) is 1. The van der Waals surface area contributed by atoms with Gasteiger partial charge in [-0.15, -0.1) is 0 Å². The van der Waals surface area contributed by atoms with Gasteiger partial charge in [0.15, 0.2) is 0 Å². The average molecular weight is 215 g/mol. The van der Waals surface area contributed by atoms with Crippen molar-refractivity contribution >= 4 is 12.0 Å². The van der Waals surface area contributed by atoms with Gasteiger partial charge in [-0.1, -0.05) is 0 Å². The SMILES string of the molecule is CCOC(=O)CNCCN1CCNC1=O. The van der Waals surface area contributed by atoms with E-state index in [4.69, 9.17) is 4.74 Å². The first kappa shape index (κ1) is 11.8. The van der Waals surface area contributed by atoms with Crippen LogP contribution in [0.15, 0.2) is 0 Å². The van der Waals surface area contributed by atoms with Crippen molar-refractivity contribution in [2.24, 2.45) is 0 Å². The Morgan fingerprint density at radius 3 is 3.07 bits per heavy atom. The summed E-state index contributed by atoms with van der Waals surface area (Å²) in [5, 5.41) is 5.63. The summed E-state index contributed by atoms with van der Waals surface area (Å²) in [5.74, 6) is -0.261. The van der Waals surface area contributed by atoms with Crippen LogP contribution in [0.5, 0.6) is 0 Å². The van der Waals surface area contributed by atoms with Gasteiger partial charge >= 0.3 is 12.0 Å². The molecule has 0 saturated carbocycles. The summed E-state index contributed by atoms with van der Waals surface area (Å²) in [7, 11) is 0. The van der Waals surface area contributed by atoms with E-state index >= 15 is 0 Å². The zero-order valence-electron chi connectivity index (χ0n) is 8.91. The normalized spacial score (nSPS) is 15.3. The Bertz CT molecular complexity index is 233. The Labute approximate surface area is 88.9 Å². The third kappa shape index (κ3) is 4.16. The molecule has 0 radical (unpaired) electrons. The van der Waals surface area contributed by atoms with Crippen molar-refractivity contribution in [1.29, 1.82) is 0 Å². The smallest absolute Gasteiger partial charge is 0.319 e. The van der Waals surface area contributed by atoms with E-state index in [0.717, 1.165) is 6.54 Å². The molecule has 2 amide bonds. The van der Waals surface area contributed by atoms with E-state index < -0.39 is 0 Å². The van der Waals surface area contributed by atoms with Gasteiger partial charge in [-0.05, 0) is 6.92 Å². The number of hydrogen-bond acceptors (Lipinski definition) is 4. The first-order valence-electron chi connectivity index (χ1n) is 5.13. The predicted molar refractivity (Wildman–Crippen MR) is 54.5 cm³/mol. The third-order valence-electron chi connectivity index (χ3n) is 2.08. The molecule has 0 aromatic carbocycles. The molecular weight excluding hydrogens is 198 g/mol. The highest BCUT2D eigenvalue weighted by atomic mass is 16.5. The maximum atomic E-state index is 11.1. The van der Waals surface area contributed by atoms with E-state index in [1.807, 2.05) is 0 Å². The molecule has 0 aromatic heterocycles. The van der Waals surface area contributed by atoms with Crippen molar-refractivity contribution in [2.75, 3.05) is 39.3 Å². The molecule has 0 aromatic rings. The van der Waals surface area contributed by atoms with Gasteiger partial charge in [0.2, 0.25) is 0 Å². The highest BCUT2D eigenvalue weighted by molar-refractivity contribution is 5.76. The van der Waals surface area contributed by atoms with Crippen LogP contribution in [0.4, 0.5) is 4.79 Å². The molecule has 1 aliphatic rings. The van der Waals surface area contributed by atoms with Gasteiger partial charge in [0.05, 0.1) is 13.2 Å². The zero-order chi connectivity index (χ0) is 11.1. The van der Waals surface area contributed by atoms with Gasteiger partial charge in [-0.2, -0.15) is 0 Å². The summed E-state index contributed by atoms with van der Waals surface area (Å²) in [6.07, 6.45) is 0. The Morgan fingerprint density at radius 2 is 2.47 bits per heavy atom. The van der Waals surface area contributed by atoms with Crippen molar-refractivity contribution in [3.05, 3.63) is 0 Å². The van der Waals surface area contributed by atoms with E-state index in [1.54, 1.807) is 11.8 Å². The highest BCUT2D eigenvalue weighted by Gasteiger charge is 2.18. The van der Waals surface area contributed by atoms with Crippen LogP contribution in [0, 0.1) is 0 Å². The fourth-order valence-electron chi connectivity index (χ4n) is 1.34. The molecule has 0 spiro atoms. The lowest BCUT2D eigenvalue weighted by Gasteiger charge is -2.13. The van der Waals surface area contributed by atoms with Crippen LogP contribution in [0.25, 0.3) is 0 Å². The number of ether oxygens (including phenoxy) is 1. The molecule has 2 N–H and O–H groups in total. The number of urea groups is 1. The number of rotatable bonds is 6. The van der Waals surface area contributed by atoms with Crippen molar-refractivity contribution in [3.8, 4) is 0 Å². The van der Waals surface area contributed by atoms with Crippen LogP contribution < -0.4 is 10.6 Å². The number of nitrogens with one attached hydrogen (secondary N) is 2. The maximum absolute atomic E-state index is 11.1. The Hall–Kier alpha value is -1.30. The first-order chi connectivity index (χ1) is 7.24. The molecule has 6 heteroatoms. The van der Waals surface area contributed by atoms with E-state index in [0.29, 0.717) is 26.2 Å². The molecule has 1 heterocycles. The minimum absolute atomic E-state index is 0.0343. The van der Waals surface area contributed by atoms with Crippen LogP contribution in [-0.2, 0) is 9.53 Å². The van der Waals surface area contributed by atoms with Crippen LogP contribution in [0.2, 0.25) is 0 Å². The second-order valence-electron chi connectivity index (χ2n) is 3.20. The minimum Gasteiger partial charge on any atom is -0.465 e. The summed E-state index contributed by atoms with van der Waals surface area (Å²) < 4.78 is 4.74. The quantitative estimate of drug-likeness (QED) is 0.448. The summed E-state index contributed by atoms with van der Waals surface area (Å²) in [4.78, 5) is 23.7. The van der Waals surface area contributed by atoms with Crippen LogP contribution >= 0.6 is 0 Å². The van der Waals surface area contributed by atoms with Gasteiger partial charge in [0.1, 0.15) is 0 Å². The third-order valence-corrected chi connectivity index (χ3v) is 2.08. The lowest BCUT2D eigenvalue weighted by Crippen LogP contribution is -2.36. The lowest BCUT2D eigenvalue weighted by atomic mass is 10.5. The number of amides is 2. The molecular formula is C9H17N3O3. The minimum atomic E-state index is -0.261. The molecule has 1 saturated heterocycles. The molecule has 1 aliphatic heterocycles. The van der Waals surface area contributed by atoms with E-state index in [9.17, 15) is 9.59 Å². The fourth-order valence-corrected chi connectivity index (χ4v) is 1.34. The first-order valence-corrected chi connectivity index (χ1v) is 5.13. The largest absolute Gasteiger partial charge is 0.465 e. The molecule has 6 nitrogen and oxygen atoms in total. The molecule has 1 rings (SSSR count). The summed E-state index contributed by atoms with van der Waals surface area (Å²) in [6, 6.07) is -0.0343. The second-order valence-corrected chi connectivity index (χ2v) is 3.20. The molecule has 1 fully saturated rings. The molecule has 86 valence electrons. The maximum Gasteiger partial charge on any atom is 0.319 e. The van der Waals surface area contributed by atoms with E-state index in [-0.39, 0.29) is 18.5 Å². The fraction of sp³-hybridized carbons (Fsp3) is 0.778. The van der Waals surface area contributed by atoms with E-state index in [1.165, 1.54) is 0 Å².